The van der Waals surface area contributed by atoms with Crippen molar-refractivity contribution < 1.29 is 4.92 Å². The molecule has 19 heavy (non-hydrogen) atoms. The third kappa shape index (κ3) is 2.72. The normalized spacial score (nSPS) is 16.4. The Morgan fingerprint density at radius 1 is 1.47 bits per heavy atom. The molecule has 1 N–H and O–H groups in total. The minimum Gasteiger partial charge on any atom is -0.364 e. The smallest absolute Gasteiger partial charge is 0.333 e. The Morgan fingerprint density at radius 2 is 2.16 bits per heavy atom. The van der Waals surface area contributed by atoms with Gasteiger partial charge in [-0.2, -0.15) is 5.10 Å². The Morgan fingerprint density at radius 3 is 2.63 bits per heavy atom. The highest BCUT2D eigenvalue weighted by Gasteiger charge is 2.42. The van der Waals surface area contributed by atoms with Crippen molar-refractivity contribution in [2.45, 2.75) is 46.0 Å². The van der Waals surface area contributed by atoms with E-state index in [1.54, 1.807) is 11.7 Å². The molecule has 0 unspecified atom stereocenters. The Bertz CT molecular complexity index is 477. The zero-order valence-electron chi connectivity index (χ0n) is 11.9. The summed E-state index contributed by atoms with van der Waals surface area (Å²) in [4.78, 5) is 10.9. The van der Waals surface area contributed by atoms with E-state index in [2.05, 4.69) is 17.3 Å². The summed E-state index contributed by atoms with van der Waals surface area (Å²) in [5.74, 6) is 0.546. The number of nitrogens with zero attached hydrogens (tertiary/aromatic N) is 3. The van der Waals surface area contributed by atoms with Crippen molar-refractivity contribution in [2.24, 2.45) is 12.5 Å². The van der Waals surface area contributed by atoms with Gasteiger partial charge in [-0.3, -0.25) is 10.1 Å². The average Bonchev–Trinajstić information content (AvgIpc) is 3.04. The topological polar surface area (TPSA) is 73.0 Å². The van der Waals surface area contributed by atoms with Crippen LogP contribution in [0.15, 0.2) is 0 Å². The van der Waals surface area contributed by atoms with E-state index in [0.717, 1.165) is 13.0 Å². The first-order valence-corrected chi connectivity index (χ1v) is 6.97. The van der Waals surface area contributed by atoms with Gasteiger partial charge < -0.3 is 5.32 Å². The van der Waals surface area contributed by atoms with Crippen LogP contribution in [0.5, 0.6) is 0 Å². The lowest BCUT2D eigenvalue weighted by molar-refractivity contribution is -0.384. The monoisotopic (exact) mass is 266 g/mol. The number of nitro groups is 1. The fourth-order valence-corrected chi connectivity index (χ4v) is 2.69. The fourth-order valence-electron chi connectivity index (χ4n) is 2.69. The molecule has 1 saturated carbocycles. The molecular weight excluding hydrogens is 244 g/mol. The number of anilines is 1. The summed E-state index contributed by atoms with van der Waals surface area (Å²) in [7, 11) is 1.76. The van der Waals surface area contributed by atoms with Crippen molar-refractivity contribution in [2.75, 3.05) is 11.9 Å². The van der Waals surface area contributed by atoms with Gasteiger partial charge in [0.25, 0.3) is 0 Å². The van der Waals surface area contributed by atoms with Crippen LogP contribution in [0.3, 0.4) is 0 Å². The van der Waals surface area contributed by atoms with Gasteiger partial charge in [0.05, 0.1) is 4.92 Å². The molecule has 0 aliphatic heterocycles. The molecule has 106 valence electrons. The minimum absolute atomic E-state index is 0.136. The van der Waals surface area contributed by atoms with Gasteiger partial charge in [-0.15, -0.1) is 0 Å². The van der Waals surface area contributed by atoms with Crippen LogP contribution >= 0.6 is 0 Å². The first-order chi connectivity index (χ1) is 9.03. The van der Waals surface area contributed by atoms with E-state index < -0.39 is 0 Å². The van der Waals surface area contributed by atoms with Gasteiger partial charge >= 0.3 is 5.69 Å². The molecule has 0 saturated heterocycles. The molecule has 1 aromatic heterocycles. The van der Waals surface area contributed by atoms with Gasteiger partial charge in [-0.25, -0.2) is 4.68 Å². The summed E-state index contributed by atoms with van der Waals surface area (Å²) < 4.78 is 1.60. The number of aryl methyl sites for hydroxylation is 2. The predicted molar refractivity (Wildman–Crippen MR) is 74.3 cm³/mol. The quantitative estimate of drug-likeness (QED) is 0.608. The standard InChI is InChI=1S/C13H22N4O2/c1-4-6-13(7-8-13)9-14-12-11(17(18)19)10(5-2)15-16(12)3/h14H,4-9H2,1-3H3. The summed E-state index contributed by atoms with van der Waals surface area (Å²) in [6.45, 7) is 4.88. The first kappa shape index (κ1) is 13.8. The Labute approximate surface area is 113 Å². The highest BCUT2D eigenvalue weighted by molar-refractivity contribution is 5.60. The second-order valence-electron chi connectivity index (χ2n) is 5.48. The number of rotatable bonds is 7. The molecule has 2 rings (SSSR count). The third-order valence-electron chi connectivity index (χ3n) is 3.98. The second kappa shape index (κ2) is 5.19. The molecule has 0 spiro atoms. The Balaban J connectivity index is 2.16. The van der Waals surface area contributed by atoms with Crippen LogP contribution in [0, 0.1) is 15.5 Å². The van der Waals surface area contributed by atoms with E-state index >= 15 is 0 Å². The number of hydrogen-bond acceptors (Lipinski definition) is 4. The van der Waals surface area contributed by atoms with Crippen molar-refractivity contribution in [3.8, 4) is 0 Å². The number of nitrogens with one attached hydrogen (secondary N) is 1. The maximum Gasteiger partial charge on any atom is 0.333 e. The molecule has 1 heterocycles. The van der Waals surface area contributed by atoms with E-state index in [-0.39, 0.29) is 10.6 Å². The molecule has 1 aliphatic carbocycles. The van der Waals surface area contributed by atoms with Crippen LogP contribution in [0.2, 0.25) is 0 Å². The van der Waals surface area contributed by atoms with Crippen molar-refractivity contribution in [3.05, 3.63) is 15.8 Å². The Hall–Kier alpha value is -1.59. The van der Waals surface area contributed by atoms with Crippen LogP contribution in [-0.2, 0) is 13.5 Å². The van der Waals surface area contributed by atoms with Gasteiger partial charge in [0.2, 0.25) is 5.82 Å². The molecule has 0 amide bonds. The van der Waals surface area contributed by atoms with Crippen LogP contribution in [0.1, 0.15) is 45.2 Å². The summed E-state index contributed by atoms with van der Waals surface area (Å²) in [5, 5.41) is 18.7. The lowest BCUT2D eigenvalue weighted by Gasteiger charge is -2.15. The van der Waals surface area contributed by atoms with Crippen LogP contribution in [0.4, 0.5) is 11.5 Å². The van der Waals surface area contributed by atoms with E-state index in [9.17, 15) is 10.1 Å². The van der Waals surface area contributed by atoms with Gasteiger partial charge in [0.1, 0.15) is 5.69 Å². The third-order valence-corrected chi connectivity index (χ3v) is 3.98. The molecule has 1 aliphatic rings. The van der Waals surface area contributed by atoms with Crippen LogP contribution < -0.4 is 5.32 Å². The van der Waals surface area contributed by atoms with Crippen molar-refractivity contribution >= 4 is 11.5 Å². The fraction of sp³-hybridized carbons (Fsp3) is 0.769. The second-order valence-corrected chi connectivity index (χ2v) is 5.48. The minimum atomic E-state index is -0.326. The maximum absolute atomic E-state index is 11.2. The lowest BCUT2D eigenvalue weighted by Crippen LogP contribution is -2.17. The molecule has 1 fully saturated rings. The zero-order valence-corrected chi connectivity index (χ0v) is 11.9. The molecule has 6 heteroatoms. The maximum atomic E-state index is 11.2. The van der Waals surface area contributed by atoms with Crippen molar-refractivity contribution in [3.63, 3.8) is 0 Å². The van der Waals surface area contributed by atoms with Gasteiger partial charge in [0, 0.05) is 13.6 Å². The van der Waals surface area contributed by atoms with Crippen molar-refractivity contribution in [1.82, 2.24) is 9.78 Å². The number of hydrogen-bond donors (Lipinski definition) is 1. The highest BCUT2D eigenvalue weighted by atomic mass is 16.6. The summed E-state index contributed by atoms with van der Waals surface area (Å²) in [6, 6.07) is 0. The first-order valence-electron chi connectivity index (χ1n) is 6.97. The summed E-state index contributed by atoms with van der Waals surface area (Å²) in [6.07, 6.45) is 5.37. The molecular formula is C13H22N4O2. The molecule has 6 nitrogen and oxygen atoms in total. The average molecular weight is 266 g/mol. The highest BCUT2D eigenvalue weighted by Crippen LogP contribution is 2.49. The van der Waals surface area contributed by atoms with Gasteiger partial charge in [-0.05, 0) is 31.1 Å². The van der Waals surface area contributed by atoms with Gasteiger partial charge in [0.15, 0.2) is 0 Å². The van der Waals surface area contributed by atoms with E-state index in [4.69, 9.17) is 0 Å². The lowest BCUT2D eigenvalue weighted by atomic mass is 10.0. The molecule has 0 atom stereocenters. The van der Waals surface area contributed by atoms with Gasteiger partial charge in [-0.1, -0.05) is 20.3 Å². The molecule has 1 aromatic rings. The van der Waals surface area contributed by atoms with Crippen molar-refractivity contribution in [1.29, 1.82) is 0 Å². The van der Waals surface area contributed by atoms with Crippen LogP contribution in [0.25, 0.3) is 0 Å². The van der Waals surface area contributed by atoms with E-state index in [1.807, 2.05) is 6.92 Å². The molecule has 0 aromatic carbocycles. The SMILES string of the molecule is CCCC1(CNc2c([N+](=O)[O-])c(CC)nn2C)CC1. The zero-order chi connectivity index (χ0) is 14.0. The predicted octanol–water partition coefficient (Wildman–Crippen LogP) is 2.88. The van der Waals surface area contributed by atoms with E-state index in [0.29, 0.717) is 23.3 Å². The molecule has 0 bridgehead atoms. The summed E-state index contributed by atoms with van der Waals surface area (Å²) in [5.41, 5.74) is 1.05. The Kier molecular flexibility index (Phi) is 3.78. The van der Waals surface area contributed by atoms with E-state index in [1.165, 1.54) is 19.3 Å². The largest absolute Gasteiger partial charge is 0.364 e. The molecule has 0 radical (unpaired) electrons. The summed E-state index contributed by atoms with van der Waals surface area (Å²) >= 11 is 0. The van der Waals surface area contributed by atoms with Crippen LogP contribution in [-0.4, -0.2) is 21.2 Å². The number of aromatic nitrogens is 2.